The highest BCUT2D eigenvalue weighted by molar-refractivity contribution is 6.04. The number of benzene rings is 2. The van der Waals surface area contributed by atoms with E-state index in [-0.39, 0.29) is 5.91 Å². The van der Waals surface area contributed by atoms with Gasteiger partial charge in [0, 0.05) is 18.7 Å². The highest BCUT2D eigenvalue weighted by Gasteiger charge is 2.22. The Labute approximate surface area is 139 Å². The zero-order valence-electron chi connectivity index (χ0n) is 13.2. The highest BCUT2D eigenvalue weighted by atomic mass is 16.1. The molecule has 1 fully saturated rings. The van der Waals surface area contributed by atoms with Crippen molar-refractivity contribution in [1.29, 1.82) is 0 Å². The average molecular weight is 319 g/mol. The number of fused-ring (bicyclic) bond motifs is 1. The van der Waals surface area contributed by atoms with Crippen LogP contribution >= 0.6 is 0 Å². The van der Waals surface area contributed by atoms with Crippen LogP contribution in [0.3, 0.4) is 0 Å². The lowest BCUT2D eigenvalue weighted by Gasteiger charge is -2.19. The van der Waals surface area contributed by atoms with Crippen LogP contribution in [-0.2, 0) is 0 Å². The molecule has 0 N–H and O–H groups in total. The standard InChI is InChI=1S/C18H17N5O/c24-17(14-8-2-1-3-9-14)19-18(22-12-6-7-13-22)23-16-11-5-4-10-15(16)20-21-23/h1-5,8-11H,6-7,12-13H2. The van der Waals surface area contributed by atoms with Gasteiger partial charge in [-0.15, -0.1) is 5.10 Å². The maximum Gasteiger partial charge on any atom is 0.280 e. The third-order valence-electron chi connectivity index (χ3n) is 4.15. The second kappa shape index (κ2) is 6.23. The van der Waals surface area contributed by atoms with Crippen LogP contribution in [0.15, 0.2) is 59.6 Å². The number of aromatic nitrogens is 3. The number of carbonyl (C=O) groups is 1. The molecule has 6 heteroatoms. The lowest BCUT2D eigenvalue weighted by atomic mass is 10.2. The van der Waals surface area contributed by atoms with Crippen molar-refractivity contribution in [3.63, 3.8) is 0 Å². The van der Waals surface area contributed by atoms with Gasteiger partial charge in [0.25, 0.3) is 5.91 Å². The summed E-state index contributed by atoms with van der Waals surface area (Å²) in [5.74, 6) is 0.284. The van der Waals surface area contributed by atoms with Gasteiger partial charge in [-0.25, -0.2) is 0 Å². The minimum atomic E-state index is -0.267. The molecule has 1 amide bonds. The van der Waals surface area contributed by atoms with Crippen molar-refractivity contribution in [3.05, 3.63) is 60.2 Å². The summed E-state index contributed by atoms with van der Waals surface area (Å²) in [5, 5.41) is 8.41. The molecule has 0 radical (unpaired) electrons. The molecule has 0 spiro atoms. The first kappa shape index (κ1) is 14.6. The maximum atomic E-state index is 12.6. The van der Waals surface area contributed by atoms with E-state index < -0.39 is 0 Å². The number of hydrogen-bond acceptors (Lipinski definition) is 3. The second-order valence-electron chi connectivity index (χ2n) is 5.77. The summed E-state index contributed by atoms with van der Waals surface area (Å²) < 4.78 is 1.67. The Balaban J connectivity index is 1.80. The molecule has 1 aromatic heterocycles. The van der Waals surface area contributed by atoms with Crippen molar-refractivity contribution in [2.45, 2.75) is 12.8 Å². The monoisotopic (exact) mass is 319 g/mol. The molecule has 0 saturated carbocycles. The van der Waals surface area contributed by atoms with Gasteiger partial charge in [-0.2, -0.15) is 9.67 Å². The fourth-order valence-electron chi connectivity index (χ4n) is 2.92. The zero-order valence-corrected chi connectivity index (χ0v) is 13.2. The Kier molecular flexibility index (Phi) is 3.78. The van der Waals surface area contributed by atoms with Crippen molar-refractivity contribution >= 4 is 22.9 Å². The largest absolute Gasteiger partial charge is 0.341 e. The molecular weight excluding hydrogens is 302 g/mol. The van der Waals surface area contributed by atoms with E-state index >= 15 is 0 Å². The molecular formula is C18H17N5O. The van der Waals surface area contributed by atoms with Crippen LogP contribution in [0.2, 0.25) is 0 Å². The minimum Gasteiger partial charge on any atom is -0.341 e. The van der Waals surface area contributed by atoms with Crippen LogP contribution in [0.1, 0.15) is 23.2 Å². The van der Waals surface area contributed by atoms with Gasteiger partial charge in [-0.1, -0.05) is 35.5 Å². The van der Waals surface area contributed by atoms with E-state index in [2.05, 4.69) is 20.2 Å². The van der Waals surface area contributed by atoms with Gasteiger partial charge < -0.3 is 4.90 Å². The summed E-state index contributed by atoms with van der Waals surface area (Å²) >= 11 is 0. The van der Waals surface area contributed by atoms with Gasteiger partial charge in [0.1, 0.15) is 5.52 Å². The van der Waals surface area contributed by atoms with Crippen molar-refractivity contribution in [3.8, 4) is 0 Å². The Hall–Kier alpha value is -3.02. The third kappa shape index (κ3) is 2.67. The lowest BCUT2D eigenvalue weighted by Crippen LogP contribution is -2.35. The quantitative estimate of drug-likeness (QED) is 0.511. The third-order valence-corrected chi connectivity index (χ3v) is 4.15. The molecule has 3 aromatic rings. The highest BCUT2D eigenvalue weighted by Crippen LogP contribution is 2.15. The SMILES string of the molecule is O=C(N=C(N1CCCC1)n1nnc2ccccc21)c1ccccc1. The second-order valence-corrected chi connectivity index (χ2v) is 5.77. The molecule has 1 saturated heterocycles. The average Bonchev–Trinajstić information content (AvgIpc) is 3.30. The normalized spacial score (nSPS) is 15.2. The van der Waals surface area contributed by atoms with Gasteiger partial charge in [0.05, 0.1) is 5.52 Å². The van der Waals surface area contributed by atoms with E-state index in [1.54, 1.807) is 16.8 Å². The van der Waals surface area contributed by atoms with Gasteiger partial charge in [-0.3, -0.25) is 4.79 Å². The molecule has 0 aliphatic carbocycles. The van der Waals surface area contributed by atoms with Crippen LogP contribution in [0.4, 0.5) is 0 Å². The molecule has 24 heavy (non-hydrogen) atoms. The molecule has 4 rings (SSSR count). The van der Waals surface area contributed by atoms with Crippen molar-refractivity contribution < 1.29 is 4.79 Å². The van der Waals surface area contributed by atoms with Crippen LogP contribution in [0.25, 0.3) is 11.0 Å². The molecule has 0 atom stereocenters. The van der Waals surface area contributed by atoms with Crippen molar-refractivity contribution in [2.24, 2.45) is 4.99 Å². The van der Waals surface area contributed by atoms with Gasteiger partial charge in [-0.05, 0) is 37.1 Å². The number of aliphatic imine (C=N–C) groups is 1. The van der Waals surface area contributed by atoms with Crippen molar-refractivity contribution in [1.82, 2.24) is 19.9 Å². The van der Waals surface area contributed by atoms with Crippen LogP contribution in [-0.4, -0.2) is 44.9 Å². The van der Waals surface area contributed by atoms with E-state index in [9.17, 15) is 4.79 Å². The lowest BCUT2D eigenvalue weighted by molar-refractivity contribution is 0.100. The summed E-state index contributed by atoms with van der Waals surface area (Å²) in [5.41, 5.74) is 2.21. The smallest absolute Gasteiger partial charge is 0.280 e. The predicted molar refractivity (Wildman–Crippen MR) is 91.9 cm³/mol. The molecule has 2 heterocycles. The van der Waals surface area contributed by atoms with Crippen LogP contribution < -0.4 is 0 Å². The molecule has 2 aromatic carbocycles. The zero-order chi connectivity index (χ0) is 16.4. The Bertz CT molecular complexity index is 894. The van der Waals surface area contributed by atoms with Crippen LogP contribution in [0.5, 0.6) is 0 Å². The van der Waals surface area contributed by atoms with Gasteiger partial charge in [0.15, 0.2) is 0 Å². The molecule has 1 aliphatic rings. The van der Waals surface area contributed by atoms with Crippen molar-refractivity contribution in [2.75, 3.05) is 13.1 Å². The summed E-state index contributed by atoms with van der Waals surface area (Å²) in [6, 6.07) is 16.8. The van der Waals surface area contributed by atoms with E-state index in [0.29, 0.717) is 11.5 Å². The Morgan fingerprint density at radius 3 is 2.46 bits per heavy atom. The van der Waals surface area contributed by atoms with E-state index in [1.165, 1.54) is 0 Å². The fraction of sp³-hybridized carbons (Fsp3) is 0.222. The van der Waals surface area contributed by atoms with Gasteiger partial charge >= 0.3 is 0 Å². The van der Waals surface area contributed by atoms with Crippen LogP contribution in [0, 0.1) is 0 Å². The molecule has 0 unspecified atom stereocenters. The topological polar surface area (TPSA) is 63.4 Å². The number of nitrogens with zero attached hydrogens (tertiary/aromatic N) is 5. The molecule has 0 bridgehead atoms. The first-order chi connectivity index (χ1) is 11.8. The first-order valence-corrected chi connectivity index (χ1v) is 8.07. The van der Waals surface area contributed by atoms with E-state index in [0.717, 1.165) is 37.0 Å². The number of hydrogen-bond donors (Lipinski definition) is 0. The predicted octanol–water partition coefficient (Wildman–Crippen LogP) is 2.57. The summed E-state index contributed by atoms with van der Waals surface area (Å²) in [6.07, 6.45) is 2.18. The Morgan fingerprint density at radius 2 is 1.67 bits per heavy atom. The maximum absolute atomic E-state index is 12.6. The number of para-hydroxylation sites is 1. The summed E-state index contributed by atoms with van der Waals surface area (Å²) in [4.78, 5) is 19.1. The fourth-order valence-corrected chi connectivity index (χ4v) is 2.92. The summed E-state index contributed by atoms with van der Waals surface area (Å²) in [6.45, 7) is 1.74. The number of carbonyl (C=O) groups excluding carboxylic acids is 1. The van der Waals surface area contributed by atoms with E-state index in [1.807, 2.05) is 42.5 Å². The van der Waals surface area contributed by atoms with E-state index in [4.69, 9.17) is 0 Å². The first-order valence-electron chi connectivity index (χ1n) is 8.07. The molecule has 1 aliphatic heterocycles. The number of rotatable bonds is 1. The molecule has 6 nitrogen and oxygen atoms in total. The Morgan fingerprint density at radius 1 is 0.958 bits per heavy atom. The number of likely N-dealkylation sites (tertiary alicyclic amines) is 1. The minimum absolute atomic E-state index is 0.267. The molecule has 120 valence electrons. The number of amides is 1. The summed E-state index contributed by atoms with van der Waals surface area (Å²) in [7, 11) is 0. The van der Waals surface area contributed by atoms with Gasteiger partial charge in [0.2, 0.25) is 5.96 Å².